The Morgan fingerprint density at radius 3 is 2.51 bits per heavy atom. The number of para-hydroxylation sites is 1. The highest BCUT2D eigenvalue weighted by Gasteiger charge is 2.32. The third-order valence-corrected chi connectivity index (χ3v) is 6.90. The van der Waals surface area contributed by atoms with E-state index in [9.17, 15) is 9.59 Å². The lowest BCUT2D eigenvalue weighted by Gasteiger charge is -2.19. The summed E-state index contributed by atoms with van der Waals surface area (Å²) in [4.78, 5) is 26.8. The number of amides is 1. The molecule has 1 aliphatic rings. The molecule has 3 rings (SSSR count). The van der Waals surface area contributed by atoms with Crippen LogP contribution in [-0.2, 0) is 26.3 Å². The van der Waals surface area contributed by atoms with Crippen LogP contribution in [0.1, 0.15) is 63.6 Å². The van der Waals surface area contributed by atoms with Crippen molar-refractivity contribution in [2.45, 2.75) is 59.0 Å². The summed E-state index contributed by atoms with van der Waals surface area (Å²) in [5, 5.41) is 0. The first-order valence-electron chi connectivity index (χ1n) is 11.9. The Labute approximate surface area is 217 Å². The van der Waals surface area contributed by atoms with Crippen molar-refractivity contribution in [2.24, 2.45) is 0 Å². The lowest BCUT2D eigenvalue weighted by molar-refractivity contribution is -0.144. The van der Waals surface area contributed by atoms with E-state index in [4.69, 9.17) is 21.7 Å². The molecule has 0 aliphatic carbocycles. The molecule has 0 N–H and O–H groups in total. The van der Waals surface area contributed by atoms with E-state index >= 15 is 0 Å². The smallest absolute Gasteiger partial charge is 0.305 e. The molecule has 186 valence electrons. The van der Waals surface area contributed by atoms with Gasteiger partial charge in [0.25, 0.3) is 5.91 Å². The lowest BCUT2D eigenvalue weighted by Crippen LogP contribution is -2.29. The van der Waals surface area contributed by atoms with Gasteiger partial charge < -0.3 is 9.47 Å². The van der Waals surface area contributed by atoms with Crippen molar-refractivity contribution in [3.63, 3.8) is 0 Å². The van der Waals surface area contributed by atoms with Crippen LogP contribution < -0.4 is 4.74 Å². The molecule has 5 nitrogen and oxygen atoms in total. The van der Waals surface area contributed by atoms with Gasteiger partial charge in [0.15, 0.2) is 0 Å². The fourth-order valence-electron chi connectivity index (χ4n) is 3.50. The van der Waals surface area contributed by atoms with E-state index in [-0.39, 0.29) is 23.7 Å². The molecule has 1 saturated heterocycles. The minimum Gasteiger partial charge on any atom is -0.488 e. The Hall–Kier alpha value is -2.64. The second-order valence-electron chi connectivity index (χ2n) is 9.43. The Balaban J connectivity index is 1.63. The van der Waals surface area contributed by atoms with Gasteiger partial charge in [-0.25, -0.2) is 0 Å². The van der Waals surface area contributed by atoms with Crippen LogP contribution in [0, 0.1) is 0 Å². The van der Waals surface area contributed by atoms with Gasteiger partial charge in [0, 0.05) is 18.5 Å². The van der Waals surface area contributed by atoms with Crippen LogP contribution in [0.15, 0.2) is 53.4 Å². The number of thioether (sulfide) groups is 1. The van der Waals surface area contributed by atoms with E-state index in [1.165, 1.54) is 17.3 Å². The second kappa shape index (κ2) is 12.4. The maximum atomic E-state index is 13.0. The van der Waals surface area contributed by atoms with Crippen LogP contribution in [0.4, 0.5) is 0 Å². The summed E-state index contributed by atoms with van der Waals surface area (Å²) in [6, 6.07) is 16.1. The first-order chi connectivity index (χ1) is 16.7. The molecule has 0 radical (unpaired) electrons. The lowest BCUT2D eigenvalue weighted by atomic mass is 9.87. The van der Waals surface area contributed by atoms with Crippen molar-refractivity contribution in [3.05, 3.63) is 70.1 Å². The summed E-state index contributed by atoms with van der Waals surface area (Å²) in [5.74, 6) is 0.317. The Bertz CT molecular complexity index is 1090. The largest absolute Gasteiger partial charge is 0.488 e. The van der Waals surface area contributed by atoms with Gasteiger partial charge in [-0.1, -0.05) is 94.1 Å². The minimum atomic E-state index is -0.244. The molecule has 2 aromatic carbocycles. The van der Waals surface area contributed by atoms with Gasteiger partial charge in [-0.3, -0.25) is 14.5 Å². The van der Waals surface area contributed by atoms with Crippen LogP contribution in [0.25, 0.3) is 6.08 Å². The molecular formula is C28H33NO4S2. The number of hydrogen-bond donors (Lipinski definition) is 0. The number of nitrogens with zero attached hydrogens (tertiary/aromatic N) is 1. The van der Waals surface area contributed by atoms with Gasteiger partial charge in [0.2, 0.25) is 0 Å². The summed E-state index contributed by atoms with van der Waals surface area (Å²) < 4.78 is 11.7. The van der Waals surface area contributed by atoms with E-state index < -0.39 is 0 Å². The number of carbonyl (C=O) groups excluding carboxylic acids is 2. The van der Waals surface area contributed by atoms with E-state index in [0.29, 0.717) is 41.2 Å². The first kappa shape index (κ1) is 27.0. The number of rotatable bonds is 10. The number of esters is 1. The van der Waals surface area contributed by atoms with Crippen molar-refractivity contribution in [1.82, 2.24) is 4.90 Å². The molecule has 1 fully saturated rings. The number of carbonyl (C=O) groups is 2. The van der Waals surface area contributed by atoms with Gasteiger partial charge in [-0.15, -0.1) is 0 Å². The SMILES string of the molecule is CCCOC(=O)CCCN1C(=O)/C(=C\c2ccccc2OCc2ccc(C(C)(C)C)cc2)SC1=S. The maximum absolute atomic E-state index is 13.0. The van der Waals surface area contributed by atoms with E-state index in [0.717, 1.165) is 17.5 Å². The van der Waals surface area contributed by atoms with Crippen molar-refractivity contribution < 1.29 is 19.1 Å². The Kier molecular flexibility index (Phi) is 9.52. The second-order valence-corrected chi connectivity index (χ2v) is 11.1. The van der Waals surface area contributed by atoms with Gasteiger partial charge in [-0.05, 0) is 41.5 Å². The number of ether oxygens (including phenoxy) is 2. The highest BCUT2D eigenvalue weighted by Crippen LogP contribution is 2.34. The van der Waals surface area contributed by atoms with Gasteiger partial charge in [0.1, 0.15) is 16.7 Å². The summed E-state index contributed by atoms with van der Waals surface area (Å²) in [6.07, 6.45) is 3.40. The first-order valence-corrected chi connectivity index (χ1v) is 13.1. The van der Waals surface area contributed by atoms with Crippen LogP contribution in [0.3, 0.4) is 0 Å². The van der Waals surface area contributed by atoms with E-state index in [1.54, 1.807) is 4.90 Å². The van der Waals surface area contributed by atoms with Gasteiger partial charge in [0.05, 0.1) is 11.5 Å². The third-order valence-electron chi connectivity index (χ3n) is 5.52. The summed E-state index contributed by atoms with van der Waals surface area (Å²) in [7, 11) is 0. The van der Waals surface area contributed by atoms with Crippen LogP contribution in [0.2, 0.25) is 0 Å². The summed E-state index contributed by atoms with van der Waals surface area (Å²) in [6.45, 7) is 9.78. The molecule has 0 bridgehead atoms. The summed E-state index contributed by atoms with van der Waals surface area (Å²) >= 11 is 6.70. The molecule has 1 heterocycles. The van der Waals surface area contributed by atoms with E-state index in [2.05, 4.69) is 45.0 Å². The average molecular weight is 512 g/mol. The molecule has 0 unspecified atom stereocenters. The predicted octanol–water partition coefficient (Wildman–Crippen LogP) is 6.50. The van der Waals surface area contributed by atoms with Crippen LogP contribution in [-0.4, -0.2) is 34.2 Å². The molecule has 0 saturated carbocycles. The molecule has 0 atom stereocenters. The molecule has 7 heteroatoms. The molecule has 2 aromatic rings. The van der Waals surface area contributed by atoms with Gasteiger partial charge in [-0.2, -0.15) is 0 Å². The van der Waals surface area contributed by atoms with E-state index in [1.807, 2.05) is 37.3 Å². The Morgan fingerprint density at radius 1 is 1.11 bits per heavy atom. The molecule has 1 amide bonds. The standard InChI is InChI=1S/C28H33NO4S2/c1-5-17-32-25(30)11-8-16-29-26(31)24(35-27(29)34)18-21-9-6-7-10-23(21)33-19-20-12-14-22(15-13-20)28(2,3)4/h6-7,9-10,12-15,18H,5,8,11,16-17,19H2,1-4H3/b24-18+. The Morgan fingerprint density at radius 2 is 1.83 bits per heavy atom. The van der Waals surface area contributed by atoms with Crippen molar-refractivity contribution in [1.29, 1.82) is 0 Å². The summed E-state index contributed by atoms with van der Waals surface area (Å²) in [5.41, 5.74) is 3.29. The number of thiocarbonyl (C=S) groups is 1. The zero-order chi connectivity index (χ0) is 25.4. The normalized spacial score (nSPS) is 15.1. The van der Waals surface area contributed by atoms with Gasteiger partial charge >= 0.3 is 5.97 Å². The fraction of sp³-hybridized carbons (Fsp3) is 0.393. The van der Waals surface area contributed by atoms with Crippen molar-refractivity contribution in [3.8, 4) is 5.75 Å². The molecule has 0 spiro atoms. The number of hydrogen-bond acceptors (Lipinski definition) is 6. The molecule has 35 heavy (non-hydrogen) atoms. The molecule has 1 aliphatic heterocycles. The zero-order valence-electron chi connectivity index (χ0n) is 20.8. The topological polar surface area (TPSA) is 55.8 Å². The molecular weight excluding hydrogens is 478 g/mol. The third kappa shape index (κ3) is 7.67. The van der Waals surface area contributed by atoms with Crippen LogP contribution >= 0.6 is 24.0 Å². The predicted molar refractivity (Wildman–Crippen MR) is 146 cm³/mol. The highest BCUT2D eigenvalue weighted by molar-refractivity contribution is 8.26. The number of benzene rings is 2. The highest BCUT2D eigenvalue weighted by atomic mass is 32.2. The average Bonchev–Trinajstić information content (AvgIpc) is 3.09. The van der Waals surface area contributed by atoms with Crippen molar-refractivity contribution in [2.75, 3.05) is 13.2 Å². The van der Waals surface area contributed by atoms with Crippen molar-refractivity contribution >= 4 is 46.3 Å². The maximum Gasteiger partial charge on any atom is 0.305 e. The quantitative estimate of drug-likeness (QED) is 0.206. The molecule has 0 aromatic heterocycles. The van der Waals surface area contributed by atoms with Crippen LogP contribution in [0.5, 0.6) is 5.75 Å². The zero-order valence-corrected chi connectivity index (χ0v) is 22.5. The monoisotopic (exact) mass is 511 g/mol. The fourth-order valence-corrected chi connectivity index (χ4v) is 4.80. The minimum absolute atomic E-state index is 0.108.